The van der Waals surface area contributed by atoms with Crippen molar-refractivity contribution in [3.05, 3.63) is 5.15 Å². The second kappa shape index (κ2) is 7.78. The first-order chi connectivity index (χ1) is 7.79. The number of hydrogen-bond acceptors (Lipinski definition) is 6. The Hall–Kier alpha value is -0.430. The van der Waals surface area contributed by atoms with Crippen LogP contribution in [0.15, 0.2) is 0 Å². The maximum atomic E-state index is 5.95. The van der Waals surface area contributed by atoms with E-state index in [-0.39, 0.29) is 0 Å². The maximum absolute atomic E-state index is 5.95. The zero-order valence-corrected chi connectivity index (χ0v) is 11.1. The van der Waals surface area contributed by atoms with Crippen molar-refractivity contribution in [3.8, 4) is 0 Å². The first-order valence-corrected chi connectivity index (χ1v) is 6.11. The van der Waals surface area contributed by atoms with E-state index in [0.29, 0.717) is 11.8 Å². The molecule has 0 bridgehead atoms. The average Bonchev–Trinajstić information content (AvgIpc) is 2.70. The molecule has 1 aromatic rings. The van der Waals surface area contributed by atoms with Crippen molar-refractivity contribution in [2.24, 2.45) is 0 Å². The molecule has 0 atom stereocenters. The van der Waals surface area contributed by atoms with Gasteiger partial charge in [-0.1, -0.05) is 11.6 Å². The molecule has 1 rings (SSSR count). The monoisotopic (exact) mass is 265 g/mol. The SMILES string of the molecule is COCCCN(CCOC)c1nsnc1Cl. The summed E-state index contributed by atoms with van der Waals surface area (Å²) in [5.41, 5.74) is 0. The number of ether oxygens (including phenoxy) is 2. The van der Waals surface area contributed by atoms with Crippen LogP contribution in [0.2, 0.25) is 5.15 Å². The van der Waals surface area contributed by atoms with Crippen LogP contribution in [0.4, 0.5) is 5.82 Å². The zero-order chi connectivity index (χ0) is 11.8. The molecule has 0 aliphatic rings. The Kier molecular flexibility index (Phi) is 6.63. The lowest BCUT2D eigenvalue weighted by atomic mass is 10.4. The molecule has 0 N–H and O–H groups in total. The van der Waals surface area contributed by atoms with E-state index in [0.717, 1.165) is 43.7 Å². The minimum Gasteiger partial charge on any atom is -0.385 e. The zero-order valence-electron chi connectivity index (χ0n) is 9.48. The fourth-order valence-corrected chi connectivity index (χ4v) is 2.06. The molecule has 0 fully saturated rings. The quantitative estimate of drug-likeness (QED) is 0.670. The normalized spacial score (nSPS) is 10.7. The molecule has 16 heavy (non-hydrogen) atoms. The van der Waals surface area contributed by atoms with E-state index >= 15 is 0 Å². The predicted molar refractivity (Wildman–Crippen MR) is 65.5 cm³/mol. The van der Waals surface area contributed by atoms with E-state index in [1.807, 2.05) is 0 Å². The van der Waals surface area contributed by atoms with Gasteiger partial charge in [-0.3, -0.25) is 0 Å². The fourth-order valence-electron chi connectivity index (χ4n) is 1.29. The van der Waals surface area contributed by atoms with Gasteiger partial charge in [0.1, 0.15) is 0 Å². The molecule has 0 amide bonds. The third kappa shape index (κ3) is 4.21. The van der Waals surface area contributed by atoms with Crippen molar-refractivity contribution in [3.63, 3.8) is 0 Å². The van der Waals surface area contributed by atoms with Crippen LogP contribution in [0.1, 0.15) is 6.42 Å². The number of nitrogens with zero attached hydrogens (tertiary/aromatic N) is 3. The second-order valence-corrected chi connectivity index (χ2v) is 4.09. The van der Waals surface area contributed by atoms with Gasteiger partial charge in [-0.25, -0.2) is 0 Å². The van der Waals surface area contributed by atoms with Crippen LogP contribution < -0.4 is 4.90 Å². The van der Waals surface area contributed by atoms with Crippen molar-refractivity contribution in [1.82, 2.24) is 8.75 Å². The minimum atomic E-state index is 0.457. The van der Waals surface area contributed by atoms with E-state index in [4.69, 9.17) is 21.1 Å². The molecule has 0 unspecified atom stereocenters. The number of rotatable bonds is 8. The van der Waals surface area contributed by atoms with E-state index < -0.39 is 0 Å². The second-order valence-electron chi connectivity index (χ2n) is 3.20. The number of hydrogen-bond donors (Lipinski definition) is 0. The highest BCUT2D eigenvalue weighted by atomic mass is 35.5. The molecule has 1 heterocycles. The lowest BCUT2D eigenvalue weighted by Crippen LogP contribution is -2.29. The van der Waals surface area contributed by atoms with Crippen molar-refractivity contribution in [2.75, 3.05) is 45.4 Å². The van der Waals surface area contributed by atoms with Gasteiger partial charge >= 0.3 is 0 Å². The Morgan fingerprint density at radius 1 is 1.19 bits per heavy atom. The van der Waals surface area contributed by atoms with Gasteiger partial charge in [0.05, 0.1) is 18.3 Å². The van der Waals surface area contributed by atoms with Crippen molar-refractivity contribution in [1.29, 1.82) is 0 Å². The smallest absolute Gasteiger partial charge is 0.187 e. The standard InChI is InChI=1S/C9H16ClN3O2S/c1-14-6-3-4-13(5-7-15-2)9-8(10)11-16-12-9/h3-7H2,1-2H3. The fraction of sp³-hybridized carbons (Fsp3) is 0.778. The summed E-state index contributed by atoms with van der Waals surface area (Å²) in [5.74, 6) is 0.736. The highest BCUT2D eigenvalue weighted by Gasteiger charge is 2.13. The van der Waals surface area contributed by atoms with Gasteiger partial charge in [-0.15, -0.1) is 0 Å². The van der Waals surface area contributed by atoms with Gasteiger partial charge in [0.2, 0.25) is 0 Å². The van der Waals surface area contributed by atoms with Gasteiger partial charge in [-0.05, 0) is 6.42 Å². The lowest BCUT2D eigenvalue weighted by Gasteiger charge is -2.21. The minimum absolute atomic E-state index is 0.457. The summed E-state index contributed by atoms with van der Waals surface area (Å²) in [5, 5.41) is 0.457. The van der Waals surface area contributed by atoms with Crippen LogP contribution in [0, 0.1) is 0 Å². The van der Waals surface area contributed by atoms with Crippen LogP contribution in [0.5, 0.6) is 0 Å². The molecule has 7 heteroatoms. The number of halogens is 1. The maximum Gasteiger partial charge on any atom is 0.187 e. The Morgan fingerprint density at radius 2 is 1.94 bits per heavy atom. The van der Waals surface area contributed by atoms with Gasteiger partial charge < -0.3 is 14.4 Å². The van der Waals surface area contributed by atoms with Crippen molar-refractivity contribution >= 4 is 29.1 Å². The Bertz CT molecular complexity index is 298. The molecular formula is C9H16ClN3O2S. The van der Waals surface area contributed by atoms with E-state index in [2.05, 4.69) is 13.6 Å². The number of methoxy groups -OCH3 is 2. The topological polar surface area (TPSA) is 47.5 Å². The van der Waals surface area contributed by atoms with Crippen LogP contribution in [0.25, 0.3) is 0 Å². The lowest BCUT2D eigenvalue weighted by molar-refractivity contribution is 0.191. The van der Waals surface area contributed by atoms with Crippen LogP contribution in [0.3, 0.4) is 0 Å². The Balaban J connectivity index is 2.53. The average molecular weight is 266 g/mol. The van der Waals surface area contributed by atoms with Crippen LogP contribution >= 0.6 is 23.3 Å². The first kappa shape index (κ1) is 13.6. The molecule has 0 saturated heterocycles. The summed E-state index contributed by atoms with van der Waals surface area (Å²) in [4.78, 5) is 2.06. The molecule has 0 radical (unpaired) electrons. The Labute approximate surface area is 105 Å². The predicted octanol–water partition coefficient (Wildman–Crippen LogP) is 1.68. The van der Waals surface area contributed by atoms with Gasteiger partial charge in [0, 0.05) is 33.9 Å². The molecule has 0 saturated carbocycles. The van der Waals surface area contributed by atoms with Gasteiger partial charge in [0.15, 0.2) is 11.0 Å². The third-order valence-corrected chi connectivity index (χ3v) is 2.95. The number of anilines is 1. The van der Waals surface area contributed by atoms with Gasteiger partial charge in [-0.2, -0.15) is 8.75 Å². The third-order valence-electron chi connectivity index (χ3n) is 2.07. The van der Waals surface area contributed by atoms with Crippen LogP contribution in [-0.4, -0.2) is 49.3 Å². The van der Waals surface area contributed by atoms with Crippen molar-refractivity contribution < 1.29 is 9.47 Å². The summed E-state index contributed by atoms with van der Waals surface area (Å²) in [7, 11) is 3.37. The van der Waals surface area contributed by atoms with Gasteiger partial charge in [0.25, 0.3) is 0 Å². The molecule has 0 spiro atoms. The summed E-state index contributed by atoms with van der Waals surface area (Å²) in [6.07, 6.45) is 0.925. The molecule has 0 aromatic carbocycles. The summed E-state index contributed by atoms with van der Waals surface area (Å²) >= 11 is 7.07. The van der Waals surface area contributed by atoms with E-state index in [1.54, 1.807) is 14.2 Å². The molecule has 92 valence electrons. The highest BCUT2D eigenvalue weighted by molar-refractivity contribution is 6.99. The number of aromatic nitrogens is 2. The summed E-state index contributed by atoms with van der Waals surface area (Å²) in [6, 6.07) is 0. The molecule has 1 aromatic heterocycles. The summed E-state index contributed by atoms with van der Waals surface area (Å²) in [6.45, 7) is 2.95. The Morgan fingerprint density at radius 3 is 2.50 bits per heavy atom. The van der Waals surface area contributed by atoms with E-state index in [9.17, 15) is 0 Å². The van der Waals surface area contributed by atoms with Crippen LogP contribution in [-0.2, 0) is 9.47 Å². The largest absolute Gasteiger partial charge is 0.385 e. The summed E-state index contributed by atoms with van der Waals surface area (Å²) < 4.78 is 18.2. The first-order valence-electron chi connectivity index (χ1n) is 5.00. The van der Waals surface area contributed by atoms with Crippen molar-refractivity contribution in [2.45, 2.75) is 6.42 Å². The van der Waals surface area contributed by atoms with E-state index in [1.165, 1.54) is 0 Å². The highest BCUT2D eigenvalue weighted by Crippen LogP contribution is 2.22. The molecular weight excluding hydrogens is 250 g/mol. The molecule has 0 aliphatic carbocycles. The molecule has 5 nitrogen and oxygen atoms in total. The molecule has 0 aliphatic heterocycles.